The van der Waals surface area contributed by atoms with Crippen molar-refractivity contribution in [2.24, 2.45) is 0 Å². The zero-order chi connectivity index (χ0) is 21.1. The fourth-order valence-corrected chi connectivity index (χ4v) is 4.55. The second-order valence-corrected chi connectivity index (χ2v) is 8.20. The molecular formula is C25H31N3O2. The molecule has 0 radical (unpaired) electrons. The van der Waals surface area contributed by atoms with Gasteiger partial charge >= 0.3 is 0 Å². The smallest absolute Gasteiger partial charge is 0.254 e. The van der Waals surface area contributed by atoms with Gasteiger partial charge in [-0.2, -0.15) is 0 Å². The van der Waals surface area contributed by atoms with Gasteiger partial charge < -0.3 is 15.0 Å². The largest absolute Gasteiger partial charge is 0.379 e. The van der Waals surface area contributed by atoms with Crippen molar-refractivity contribution in [3.63, 3.8) is 0 Å². The van der Waals surface area contributed by atoms with E-state index >= 15 is 0 Å². The van der Waals surface area contributed by atoms with Gasteiger partial charge in [0.15, 0.2) is 0 Å². The molecule has 0 spiro atoms. The first-order valence-electron chi connectivity index (χ1n) is 11.0. The zero-order valence-electron chi connectivity index (χ0n) is 17.8. The number of aliphatic hydroxyl groups excluding tert-OH is 1. The first-order chi connectivity index (χ1) is 14.6. The van der Waals surface area contributed by atoms with Gasteiger partial charge in [0.25, 0.3) is 5.91 Å². The van der Waals surface area contributed by atoms with Gasteiger partial charge in [-0.3, -0.25) is 10.1 Å². The van der Waals surface area contributed by atoms with Gasteiger partial charge in [-0.15, -0.1) is 0 Å². The average Bonchev–Trinajstić information content (AvgIpc) is 3.43. The summed E-state index contributed by atoms with van der Waals surface area (Å²) in [5.41, 5.74) is 4.11. The Bertz CT molecular complexity index is 995. The van der Waals surface area contributed by atoms with E-state index in [1.54, 1.807) is 0 Å². The molecule has 4 rings (SSSR count). The van der Waals surface area contributed by atoms with E-state index in [0.29, 0.717) is 13.0 Å². The first kappa shape index (κ1) is 20.6. The van der Waals surface area contributed by atoms with E-state index in [4.69, 9.17) is 0 Å². The molecule has 1 saturated carbocycles. The fourth-order valence-electron chi connectivity index (χ4n) is 4.55. The fraction of sp³-hybridized carbons (Fsp3) is 0.400. The van der Waals surface area contributed by atoms with Gasteiger partial charge in [0.05, 0.1) is 0 Å². The molecule has 1 amide bonds. The molecule has 3 N–H and O–H groups in total. The number of nitrogens with one attached hydrogen (secondary N) is 2. The Kier molecular flexibility index (Phi) is 6.21. The first-order valence-corrected chi connectivity index (χ1v) is 11.0. The number of carbonyl (C=O) groups is 1. The van der Waals surface area contributed by atoms with Crippen LogP contribution in [0.3, 0.4) is 0 Å². The highest BCUT2D eigenvalue weighted by Crippen LogP contribution is 2.28. The van der Waals surface area contributed by atoms with Gasteiger partial charge in [-0.05, 0) is 79.5 Å². The lowest BCUT2D eigenvalue weighted by Crippen LogP contribution is -2.41. The summed E-state index contributed by atoms with van der Waals surface area (Å²) in [6, 6.07) is 16.9. The number of fused-ring (bicyclic) bond motifs is 1. The molecule has 3 aromatic rings. The predicted molar refractivity (Wildman–Crippen MR) is 121 cm³/mol. The Morgan fingerprint density at radius 3 is 2.63 bits per heavy atom. The molecule has 5 heteroatoms. The van der Waals surface area contributed by atoms with Gasteiger partial charge in [-0.25, -0.2) is 0 Å². The number of hydrogen-bond donors (Lipinski definition) is 3. The van der Waals surface area contributed by atoms with Crippen molar-refractivity contribution in [3.05, 3.63) is 60.3 Å². The number of benzene rings is 2. The van der Waals surface area contributed by atoms with Crippen molar-refractivity contribution in [3.8, 4) is 11.1 Å². The van der Waals surface area contributed by atoms with Crippen LogP contribution in [0.5, 0.6) is 0 Å². The molecule has 3 atom stereocenters. The van der Waals surface area contributed by atoms with Crippen LogP contribution < -0.4 is 5.32 Å². The van der Waals surface area contributed by atoms with Crippen LogP contribution >= 0.6 is 0 Å². The maximum absolute atomic E-state index is 13.2. The van der Waals surface area contributed by atoms with Gasteiger partial charge in [0, 0.05) is 35.9 Å². The van der Waals surface area contributed by atoms with Crippen LogP contribution in [0.2, 0.25) is 0 Å². The molecule has 0 aliphatic heterocycles. The maximum atomic E-state index is 13.2. The second kappa shape index (κ2) is 9.02. The summed E-state index contributed by atoms with van der Waals surface area (Å²) in [7, 11) is 0. The van der Waals surface area contributed by atoms with Crippen molar-refractivity contribution in [1.29, 1.82) is 0 Å². The third-order valence-electron chi connectivity index (χ3n) is 6.28. The number of carbonyl (C=O) groups excluding carboxylic acids is 1. The van der Waals surface area contributed by atoms with Gasteiger partial charge in [-0.1, -0.05) is 25.1 Å². The SMILES string of the molecule is CCC(O)N[C@H]1CC[C@@H](N(CC)C(=O)c2ccc(-c3ccc4[nH]ccc4c3)cc2)C1. The molecule has 1 unspecified atom stereocenters. The minimum atomic E-state index is -0.461. The molecule has 5 nitrogen and oxygen atoms in total. The molecule has 1 aromatic heterocycles. The Balaban J connectivity index is 1.45. The summed E-state index contributed by atoms with van der Waals surface area (Å²) >= 11 is 0. The van der Waals surface area contributed by atoms with Crippen LogP contribution in [0.15, 0.2) is 54.7 Å². The average molecular weight is 406 g/mol. The van der Waals surface area contributed by atoms with E-state index in [0.717, 1.165) is 41.5 Å². The second-order valence-electron chi connectivity index (χ2n) is 8.20. The van der Waals surface area contributed by atoms with Crippen LogP contribution in [0, 0.1) is 0 Å². The number of rotatable bonds is 7. The number of hydrogen-bond acceptors (Lipinski definition) is 3. The maximum Gasteiger partial charge on any atom is 0.254 e. The van der Waals surface area contributed by atoms with E-state index in [-0.39, 0.29) is 18.0 Å². The Morgan fingerprint density at radius 2 is 1.90 bits per heavy atom. The minimum Gasteiger partial charge on any atom is -0.379 e. The van der Waals surface area contributed by atoms with E-state index in [9.17, 15) is 9.90 Å². The molecule has 158 valence electrons. The summed E-state index contributed by atoms with van der Waals surface area (Å²) < 4.78 is 0. The minimum absolute atomic E-state index is 0.0897. The van der Waals surface area contributed by atoms with Crippen molar-refractivity contribution in [1.82, 2.24) is 15.2 Å². The number of aliphatic hydroxyl groups is 1. The van der Waals surface area contributed by atoms with E-state index < -0.39 is 6.23 Å². The summed E-state index contributed by atoms with van der Waals surface area (Å²) in [5.74, 6) is 0.0897. The van der Waals surface area contributed by atoms with Crippen molar-refractivity contribution < 1.29 is 9.90 Å². The van der Waals surface area contributed by atoms with Gasteiger partial charge in [0.1, 0.15) is 6.23 Å². The number of nitrogens with zero attached hydrogens (tertiary/aromatic N) is 1. The highest BCUT2D eigenvalue weighted by Gasteiger charge is 2.32. The molecule has 0 bridgehead atoms. The van der Waals surface area contributed by atoms with Crippen LogP contribution in [0.1, 0.15) is 49.9 Å². The molecule has 30 heavy (non-hydrogen) atoms. The molecular weight excluding hydrogens is 374 g/mol. The molecule has 1 aliphatic carbocycles. The lowest BCUT2D eigenvalue weighted by atomic mass is 10.0. The lowest BCUT2D eigenvalue weighted by Gasteiger charge is -2.28. The Hall–Kier alpha value is -2.63. The summed E-state index contributed by atoms with van der Waals surface area (Å²) in [6.07, 6.45) is 5.04. The van der Waals surface area contributed by atoms with Crippen LogP contribution in [-0.2, 0) is 0 Å². The van der Waals surface area contributed by atoms with Crippen LogP contribution in [0.4, 0.5) is 0 Å². The number of aromatic amines is 1. The van der Waals surface area contributed by atoms with Crippen molar-refractivity contribution >= 4 is 16.8 Å². The third kappa shape index (κ3) is 4.27. The quantitative estimate of drug-likeness (QED) is 0.506. The van der Waals surface area contributed by atoms with Crippen molar-refractivity contribution in [2.45, 2.75) is 57.8 Å². The molecule has 0 saturated heterocycles. The molecule has 1 heterocycles. The summed E-state index contributed by atoms with van der Waals surface area (Å²) in [4.78, 5) is 18.4. The van der Waals surface area contributed by atoms with Crippen LogP contribution in [0.25, 0.3) is 22.0 Å². The standard InChI is InChI=1S/C25H31N3O2/c1-3-24(29)27-21-10-11-22(16-21)28(4-2)25(30)18-7-5-17(6-8-18)19-9-12-23-20(15-19)13-14-26-23/h5-9,12-15,21-22,24,26-27,29H,3-4,10-11,16H2,1-2H3/t21-,22+,24?/m0/s1. The number of aromatic nitrogens is 1. The van der Waals surface area contributed by atoms with E-state index in [2.05, 4.69) is 34.6 Å². The zero-order valence-corrected chi connectivity index (χ0v) is 17.8. The van der Waals surface area contributed by atoms with Gasteiger partial charge in [0.2, 0.25) is 0 Å². The topological polar surface area (TPSA) is 68.4 Å². The highest BCUT2D eigenvalue weighted by molar-refractivity contribution is 5.95. The molecule has 1 aliphatic rings. The normalized spacial score (nSPS) is 19.8. The molecule has 2 aromatic carbocycles. The van der Waals surface area contributed by atoms with Crippen LogP contribution in [-0.4, -0.2) is 45.8 Å². The number of amides is 1. The lowest BCUT2D eigenvalue weighted by molar-refractivity contribution is 0.0686. The van der Waals surface area contributed by atoms with E-state index in [1.807, 2.05) is 49.2 Å². The Morgan fingerprint density at radius 1 is 1.13 bits per heavy atom. The third-order valence-corrected chi connectivity index (χ3v) is 6.28. The van der Waals surface area contributed by atoms with E-state index in [1.165, 1.54) is 5.39 Å². The highest BCUT2D eigenvalue weighted by atomic mass is 16.3. The predicted octanol–water partition coefficient (Wildman–Crippen LogP) is 4.54. The van der Waals surface area contributed by atoms with Crippen molar-refractivity contribution in [2.75, 3.05) is 6.54 Å². The summed E-state index contributed by atoms with van der Waals surface area (Å²) in [6.45, 7) is 4.70. The number of H-pyrrole nitrogens is 1. The monoisotopic (exact) mass is 405 g/mol. The summed E-state index contributed by atoms with van der Waals surface area (Å²) in [5, 5.41) is 14.3. The Labute approximate surface area is 178 Å². The molecule has 1 fully saturated rings.